The number of hydrogen-bond acceptors (Lipinski definition) is 5. The Hall–Kier alpha value is -3.20. The van der Waals surface area contributed by atoms with E-state index in [2.05, 4.69) is 6.07 Å². The van der Waals surface area contributed by atoms with Crippen LogP contribution in [0.2, 0.25) is 0 Å². The summed E-state index contributed by atoms with van der Waals surface area (Å²) in [4.78, 5) is 14.5. The van der Waals surface area contributed by atoms with Crippen molar-refractivity contribution in [2.24, 2.45) is 0 Å². The van der Waals surface area contributed by atoms with Crippen LogP contribution in [0.3, 0.4) is 0 Å². The molecule has 2 aromatic rings. The zero-order valence-corrected chi connectivity index (χ0v) is 16.1. The van der Waals surface area contributed by atoms with Gasteiger partial charge in [0.25, 0.3) is 5.91 Å². The third-order valence-corrected chi connectivity index (χ3v) is 3.82. The van der Waals surface area contributed by atoms with Gasteiger partial charge in [-0.1, -0.05) is 6.07 Å². The monoisotopic (exact) mass is 368 g/mol. The normalized spacial score (nSPS) is 10.0. The van der Waals surface area contributed by atoms with E-state index in [1.807, 2.05) is 20.8 Å². The summed E-state index contributed by atoms with van der Waals surface area (Å²) >= 11 is 0. The van der Waals surface area contributed by atoms with Gasteiger partial charge in [-0.15, -0.1) is 0 Å². The summed E-state index contributed by atoms with van der Waals surface area (Å²) in [6.45, 7) is 6.93. The van der Waals surface area contributed by atoms with Crippen LogP contribution in [0, 0.1) is 11.3 Å². The van der Waals surface area contributed by atoms with Gasteiger partial charge in [0.1, 0.15) is 0 Å². The maximum atomic E-state index is 13.0. The van der Waals surface area contributed by atoms with Gasteiger partial charge < -0.3 is 19.1 Å². The maximum absolute atomic E-state index is 13.0. The van der Waals surface area contributed by atoms with Crippen molar-refractivity contribution in [1.82, 2.24) is 0 Å². The summed E-state index contributed by atoms with van der Waals surface area (Å²) in [6.07, 6.45) is 0. The number of carbonyl (C=O) groups excluding carboxylic acids is 1. The van der Waals surface area contributed by atoms with Crippen molar-refractivity contribution in [3.8, 4) is 23.3 Å². The number of anilines is 1. The van der Waals surface area contributed by atoms with E-state index in [0.717, 1.165) is 0 Å². The van der Waals surface area contributed by atoms with Crippen LogP contribution in [-0.4, -0.2) is 32.8 Å². The standard InChI is InChI=1S/C21H24N2O4/c1-5-25-18-12-16(13-19(26-6-2)20(18)27-7-3)21(24)23(4)17-10-8-9-15(11-17)14-22/h8-13H,5-7H2,1-4H3. The number of carbonyl (C=O) groups is 1. The molecule has 0 aliphatic rings. The Morgan fingerprint density at radius 2 is 1.59 bits per heavy atom. The molecule has 6 nitrogen and oxygen atoms in total. The molecule has 0 N–H and O–H groups in total. The number of ether oxygens (including phenoxy) is 3. The molecule has 0 aliphatic carbocycles. The summed E-state index contributed by atoms with van der Waals surface area (Å²) < 4.78 is 17.0. The first-order chi connectivity index (χ1) is 13.0. The zero-order chi connectivity index (χ0) is 19.8. The van der Waals surface area contributed by atoms with Gasteiger partial charge in [-0.2, -0.15) is 5.26 Å². The van der Waals surface area contributed by atoms with Crippen molar-refractivity contribution in [3.05, 3.63) is 47.5 Å². The van der Waals surface area contributed by atoms with Gasteiger partial charge in [-0.3, -0.25) is 4.79 Å². The lowest BCUT2D eigenvalue weighted by Gasteiger charge is -2.20. The van der Waals surface area contributed by atoms with E-state index in [0.29, 0.717) is 53.9 Å². The van der Waals surface area contributed by atoms with E-state index in [1.165, 1.54) is 4.90 Å². The van der Waals surface area contributed by atoms with Gasteiger partial charge >= 0.3 is 0 Å². The second kappa shape index (κ2) is 9.48. The largest absolute Gasteiger partial charge is 0.490 e. The van der Waals surface area contributed by atoms with Crippen molar-refractivity contribution in [3.63, 3.8) is 0 Å². The quantitative estimate of drug-likeness (QED) is 0.703. The number of rotatable bonds is 8. The third kappa shape index (κ3) is 4.70. The van der Waals surface area contributed by atoms with Crippen LogP contribution in [0.1, 0.15) is 36.7 Å². The average Bonchev–Trinajstić information content (AvgIpc) is 2.69. The Labute approximate surface area is 159 Å². The lowest BCUT2D eigenvalue weighted by molar-refractivity contribution is 0.0992. The molecular weight excluding hydrogens is 344 g/mol. The fraction of sp³-hybridized carbons (Fsp3) is 0.333. The lowest BCUT2D eigenvalue weighted by Crippen LogP contribution is -2.26. The summed E-state index contributed by atoms with van der Waals surface area (Å²) in [6, 6.07) is 12.3. The molecule has 0 atom stereocenters. The average molecular weight is 368 g/mol. The van der Waals surface area contributed by atoms with Crippen LogP contribution in [0.4, 0.5) is 5.69 Å². The second-order valence-corrected chi connectivity index (χ2v) is 5.63. The van der Waals surface area contributed by atoms with E-state index in [9.17, 15) is 4.79 Å². The van der Waals surface area contributed by atoms with E-state index in [4.69, 9.17) is 19.5 Å². The molecule has 0 saturated carbocycles. The minimum atomic E-state index is -0.241. The summed E-state index contributed by atoms with van der Waals surface area (Å²) in [5.41, 5.74) is 1.53. The number of benzene rings is 2. The van der Waals surface area contributed by atoms with Crippen LogP contribution < -0.4 is 19.1 Å². The second-order valence-electron chi connectivity index (χ2n) is 5.63. The summed E-state index contributed by atoms with van der Waals surface area (Å²) in [5, 5.41) is 9.07. The van der Waals surface area contributed by atoms with Crippen LogP contribution in [0.15, 0.2) is 36.4 Å². The zero-order valence-electron chi connectivity index (χ0n) is 16.1. The van der Waals surface area contributed by atoms with E-state index in [1.54, 1.807) is 43.4 Å². The lowest BCUT2D eigenvalue weighted by atomic mass is 10.1. The molecule has 0 fully saturated rings. The Kier molecular flexibility index (Phi) is 7.07. The molecule has 6 heteroatoms. The SMILES string of the molecule is CCOc1cc(C(=O)N(C)c2cccc(C#N)c2)cc(OCC)c1OCC. The number of nitriles is 1. The van der Waals surface area contributed by atoms with Gasteiger partial charge in [0, 0.05) is 18.3 Å². The fourth-order valence-electron chi connectivity index (χ4n) is 2.61. The highest BCUT2D eigenvalue weighted by molar-refractivity contribution is 6.06. The molecular formula is C21H24N2O4. The van der Waals surface area contributed by atoms with Crippen molar-refractivity contribution in [1.29, 1.82) is 5.26 Å². The molecule has 0 bridgehead atoms. The van der Waals surface area contributed by atoms with Gasteiger partial charge in [0.05, 0.1) is 31.5 Å². The first-order valence-electron chi connectivity index (χ1n) is 8.90. The fourth-order valence-corrected chi connectivity index (χ4v) is 2.61. The first kappa shape index (κ1) is 20.1. The molecule has 0 aromatic heterocycles. The minimum absolute atomic E-state index is 0.241. The van der Waals surface area contributed by atoms with Crippen molar-refractivity contribution >= 4 is 11.6 Å². The molecule has 2 rings (SSSR count). The smallest absolute Gasteiger partial charge is 0.258 e. The van der Waals surface area contributed by atoms with E-state index >= 15 is 0 Å². The molecule has 27 heavy (non-hydrogen) atoms. The van der Waals surface area contributed by atoms with Crippen LogP contribution in [0.5, 0.6) is 17.2 Å². The highest BCUT2D eigenvalue weighted by atomic mass is 16.5. The van der Waals surface area contributed by atoms with Crippen molar-refractivity contribution < 1.29 is 19.0 Å². The molecule has 0 spiro atoms. The molecule has 0 radical (unpaired) electrons. The molecule has 142 valence electrons. The number of nitrogens with zero attached hydrogens (tertiary/aromatic N) is 2. The summed E-state index contributed by atoms with van der Waals surface area (Å²) in [7, 11) is 1.66. The van der Waals surface area contributed by atoms with E-state index < -0.39 is 0 Å². The van der Waals surface area contributed by atoms with Gasteiger partial charge in [0.15, 0.2) is 11.5 Å². The topological polar surface area (TPSA) is 71.8 Å². The molecule has 0 saturated heterocycles. The van der Waals surface area contributed by atoms with E-state index in [-0.39, 0.29) is 5.91 Å². The van der Waals surface area contributed by atoms with Gasteiger partial charge in [0.2, 0.25) is 5.75 Å². The Morgan fingerprint density at radius 1 is 1.00 bits per heavy atom. The molecule has 1 amide bonds. The Balaban J connectivity index is 2.46. The maximum Gasteiger partial charge on any atom is 0.258 e. The predicted octanol–water partition coefficient (Wildman–Crippen LogP) is 4.03. The molecule has 0 unspecified atom stereocenters. The third-order valence-electron chi connectivity index (χ3n) is 3.82. The van der Waals surface area contributed by atoms with Crippen LogP contribution >= 0.6 is 0 Å². The molecule has 0 aliphatic heterocycles. The molecule has 2 aromatic carbocycles. The van der Waals surface area contributed by atoms with Crippen LogP contribution in [0.25, 0.3) is 0 Å². The highest BCUT2D eigenvalue weighted by Gasteiger charge is 2.21. The van der Waals surface area contributed by atoms with Gasteiger partial charge in [-0.05, 0) is 51.1 Å². The number of hydrogen-bond donors (Lipinski definition) is 0. The van der Waals surface area contributed by atoms with Gasteiger partial charge in [-0.25, -0.2) is 0 Å². The highest BCUT2D eigenvalue weighted by Crippen LogP contribution is 2.39. The number of amides is 1. The first-order valence-corrected chi connectivity index (χ1v) is 8.90. The minimum Gasteiger partial charge on any atom is -0.490 e. The Bertz CT molecular complexity index is 815. The summed E-state index contributed by atoms with van der Waals surface area (Å²) in [5.74, 6) is 1.18. The van der Waals surface area contributed by atoms with Crippen molar-refractivity contribution in [2.45, 2.75) is 20.8 Å². The van der Waals surface area contributed by atoms with Crippen LogP contribution in [-0.2, 0) is 0 Å². The Morgan fingerprint density at radius 3 is 2.11 bits per heavy atom. The van der Waals surface area contributed by atoms with Crippen molar-refractivity contribution in [2.75, 3.05) is 31.8 Å². The predicted molar refractivity (Wildman–Crippen MR) is 104 cm³/mol. The molecule has 0 heterocycles.